The molecule has 2 N–H and O–H groups in total. The summed E-state index contributed by atoms with van der Waals surface area (Å²) >= 11 is 0. The molecular weight excluding hydrogens is 490 g/mol. The molecule has 36 heavy (non-hydrogen) atoms. The van der Waals surface area contributed by atoms with Crippen LogP contribution in [0.5, 0.6) is 0 Å². The third kappa shape index (κ3) is 4.59. The molecule has 0 atom stereocenters. The highest BCUT2D eigenvalue weighted by Crippen LogP contribution is 2.30. The minimum Gasteiger partial charge on any atom is -0.369 e. The van der Waals surface area contributed by atoms with Gasteiger partial charge in [-0.2, -0.15) is 9.40 Å². The van der Waals surface area contributed by atoms with Crippen molar-refractivity contribution in [2.24, 2.45) is 0 Å². The summed E-state index contributed by atoms with van der Waals surface area (Å²) in [6.45, 7) is 3.62. The van der Waals surface area contributed by atoms with E-state index in [4.69, 9.17) is 0 Å². The maximum Gasteiger partial charge on any atom is 0.256 e. The molecule has 0 aliphatic carbocycles. The molecule has 9 nitrogen and oxygen atoms in total. The second-order valence-corrected chi connectivity index (χ2v) is 10.8. The van der Waals surface area contributed by atoms with Crippen molar-refractivity contribution in [3.63, 3.8) is 0 Å². The number of carbonyl (C=O) groups is 1. The number of halogens is 2. The lowest BCUT2D eigenvalue weighted by Gasteiger charge is -2.34. The zero-order valence-electron chi connectivity index (χ0n) is 19.7. The van der Waals surface area contributed by atoms with Gasteiger partial charge in [-0.25, -0.2) is 17.2 Å². The number of aromatic amines is 1. The van der Waals surface area contributed by atoms with Crippen molar-refractivity contribution in [3.8, 4) is 0 Å². The van der Waals surface area contributed by atoms with E-state index >= 15 is 0 Å². The van der Waals surface area contributed by atoms with Crippen LogP contribution < -0.4 is 10.2 Å². The molecule has 0 saturated carbocycles. The lowest BCUT2D eigenvalue weighted by atomic mass is 10.1. The molecule has 3 heterocycles. The van der Waals surface area contributed by atoms with Gasteiger partial charge in [-0.1, -0.05) is 6.07 Å². The number of anilines is 2. The van der Waals surface area contributed by atoms with Crippen molar-refractivity contribution >= 4 is 27.4 Å². The number of rotatable bonds is 5. The molecule has 1 amide bonds. The smallest absolute Gasteiger partial charge is 0.256 e. The third-order valence-corrected chi connectivity index (χ3v) is 8.54. The Morgan fingerprint density at radius 1 is 1.00 bits per heavy atom. The van der Waals surface area contributed by atoms with Crippen molar-refractivity contribution in [2.45, 2.75) is 17.9 Å². The molecule has 3 aromatic rings. The van der Waals surface area contributed by atoms with Crippen LogP contribution in [-0.4, -0.2) is 73.5 Å². The van der Waals surface area contributed by atoms with E-state index in [-0.39, 0.29) is 25.3 Å². The standard InChI is InChI=1S/C24H26F2N6O3S/c1-30-11-13-31(14-12-30)17-7-5-16(6-8-17)24(33)27-23-18-15-32(10-9-21(18)28-29-23)36(34,35)22-19(25)3-2-4-20(22)26/h2-8H,9-15H2,1H3,(H2,27,28,29,33). The fraction of sp³-hybridized carbons (Fsp3) is 0.333. The van der Waals surface area contributed by atoms with Crippen molar-refractivity contribution in [1.29, 1.82) is 0 Å². The number of amides is 1. The van der Waals surface area contributed by atoms with Gasteiger partial charge in [0.15, 0.2) is 10.7 Å². The lowest BCUT2D eigenvalue weighted by Crippen LogP contribution is -2.44. The van der Waals surface area contributed by atoms with Gasteiger partial charge in [0.05, 0.1) is 0 Å². The van der Waals surface area contributed by atoms with E-state index in [1.54, 1.807) is 12.1 Å². The molecule has 0 bridgehead atoms. The quantitative estimate of drug-likeness (QED) is 0.540. The number of hydrogen-bond donors (Lipinski definition) is 2. The molecule has 2 aromatic carbocycles. The molecule has 0 radical (unpaired) electrons. The highest BCUT2D eigenvalue weighted by Gasteiger charge is 2.35. The van der Waals surface area contributed by atoms with E-state index in [0.717, 1.165) is 54.4 Å². The average molecular weight is 517 g/mol. The average Bonchev–Trinajstić information content (AvgIpc) is 3.26. The van der Waals surface area contributed by atoms with Gasteiger partial charge in [-0.05, 0) is 43.4 Å². The van der Waals surface area contributed by atoms with Crippen LogP contribution in [0.25, 0.3) is 0 Å². The Morgan fingerprint density at radius 3 is 2.33 bits per heavy atom. The van der Waals surface area contributed by atoms with Gasteiger partial charge in [0.2, 0.25) is 10.0 Å². The van der Waals surface area contributed by atoms with Crippen molar-refractivity contribution in [1.82, 2.24) is 19.4 Å². The van der Waals surface area contributed by atoms with Crippen LogP contribution in [0.15, 0.2) is 47.4 Å². The molecule has 2 aliphatic heterocycles. The Balaban J connectivity index is 1.31. The predicted octanol–water partition coefficient (Wildman–Crippen LogP) is 2.44. The number of sulfonamides is 1. The fourth-order valence-corrected chi connectivity index (χ4v) is 6.02. The number of piperazine rings is 1. The first-order valence-corrected chi connectivity index (χ1v) is 13.0. The number of hydrogen-bond acceptors (Lipinski definition) is 6. The minimum absolute atomic E-state index is 0.0203. The zero-order chi connectivity index (χ0) is 25.4. The number of carbonyl (C=O) groups excluding carboxylic acids is 1. The Labute approximate surface area is 207 Å². The highest BCUT2D eigenvalue weighted by molar-refractivity contribution is 7.89. The van der Waals surface area contributed by atoms with Gasteiger partial charge < -0.3 is 15.1 Å². The van der Waals surface area contributed by atoms with Crippen LogP contribution in [0.2, 0.25) is 0 Å². The zero-order valence-corrected chi connectivity index (χ0v) is 20.5. The number of nitrogens with one attached hydrogen (secondary N) is 2. The monoisotopic (exact) mass is 516 g/mol. The topological polar surface area (TPSA) is 102 Å². The number of nitrogens with zero attached hydrogens (tertiary/aromatic N) is 4. The molecule has 1 aromatic heterocycles. The first-order valence-electron chi connectivity index (χ1n) is 11.6. The second kappa shape index (κ2) is 9.60. The molecular formula is C24H26F2N6O3S. The number of aromatic nitrogens is 2. The maximum atomic E-state index is 14.2. The Morgan fingerprint density at radius 2 is 1.67 bits per heavy atom. The van der Waals surface area contributed by atoms with E-state index in [1.165, 1.54) is 0 Å². The molecule has 190 valence electrons. The Kier molecular flexibility index (Phi) is 6.49. The maximum absolute atomic E-state index is 14.2. The number of H-pyrrole nitrogens is 1. The van der Waals surface area contributed by atoms with E-state index in [2.05, 4.69) is 32.4 Å². The first kappa shape index (κ1) is 24.3. The van der Waals surface area contributed by atoms with Gasteiger partial charge in [0.25, 0.3) is 5.91 Å². The third-order valence-electron chi connectivity index (χ3n) is 6.65. The fourth-order valence-electron chi connectivity index (χ4n) is 4.50. The van der Waals surface area contributed by atoms with Crippen LogP contribution in [-0.2, 0) is 23.0 Å². The van der Waals surface area contributed by atoms with Gasteiger partial charge in [-0.3, -0.25) is 9.89 Å². The minimum atomic E-state index is -4.44. The summed E-state index contributed by atoms with van der Waals surface area (Å²) in [5, 5.41) is 9.71. The normalized spacial score (nSPS) is 17.1. The summed E-state index contributed by atoms with van der Waals surface area (Å²) in [7, 11) is -2.35. The number of likely N-dealkylation sites (N-methyl/N-ethyl adjacent to an activating group) is 1. The van der Waals surface area contributed by atoms with Gasteiger partial charge in [-0.15, -0.1) is 0 Å². The van der Waals surface area contributed by atoms with Crippen LogP contribution in [0, 0.1) is 11.6 Å². The van der Waals surface area contributed by atoms with E-state index < -0.39 is 32.5 Å². The number of benzene rings is 2. The van der Waals surface area contributed by atoms with Gasteiger partial charge in [0, 0.05) is 68.2 Å². The summed E-state index contributed by atoms with van der Waals surface area (Å²) < 4.78 is 55.5. The molecule has 12 heteroatoms. The SMILES string of the molecule is CN1CCN(c2ccc(C(=O)Nc3n[nH]c4c3CN(S(=O)(=O)c3c(F)cccc3F)CC4)cc2)CC1. The van der Waals surface area contributed by atoms with Crippen LogP contribution in [0.3, 0.4) is 0 Å². The highest BCUT2D eigenvalue weighted by atomic mass is 32.2. The van der Waals surface area contributed by atoms with Crippen molar-refractivity contribution in [2.75, 3.05) is 50.0 Å². The summed E-state index contributed by atoms with van der Waals surface area (Å²) in [4.78, 5) is 16.4. The van der Waals surface area contributed by atoms with E-state index in [0.29, 0.717) is 16.8 Å². The molecule has 0 unspecified atom stereocenters. The summed E-state index contributed by atoms with van der Waals surface area (Å²) in [5.74, 6) is -2.51. The van der Waals surface area contributed by atoms with Crippen LogP contribution >= 0.6 is 0 Å². The van der Waals surface area contributed by atoms with E-state index in [9.17, 15) is 22.0 Å². The molecule has 2 aliphatic rings. The molecule has 5 rings (SSSR count). The van der Waals surface area contributed by atoms with Gasteiger partial charge in [0.1, 0.15) is 11.6 Å². The Hall–Kier alpha value is -3.35. The summed E-state index contributed by atoms with van der Waals surface area (Å²) in [5.41, 5.74) is 2.59. The van der Waals surface area contributed by atoms with Crippen molar-refractivity contribution in [3.05, 3.63) is 70.9 Å². The molecule has 0 spiro atoms. The van der Waals surface area contributed by atoms with Gasteiger partial charge >= 0.3 is 0 Å². The largest absolute Gasteiger partial charge is 0.369 e. The first-order chi connectivity index (χ1) is 17.2. The van der Waals surface area contributed by atoms with Crippen LogP contribution in [0.4, 0.5) is 20.3 Å². The van der Waals surface area contributed by atoms with Crippen molar-refractivity contribution < 1.29 is 22.0 Å². The second-order valence-electron chi connectivity index (χ2n) is 8.96. The number of fused-ring (bicyclic) bond motifs is 1. The van der Waals surface area contributed by atoms with E-state index in [1.807, 2.05) is 12.1 Å². The lowest BCUT2D eigenvalue weighted by molar-refractivity contribution is 0.102. The summed E-state index contributed by atoms with van der Waals surface area (Å²) in [6.07, 6.45) is 0.257. The molecule has 1 saturated heterocycles. The predicted molar refractivity (Wildman–Crippen MR) is 130 cm³/mol. The van der Waals surface area contributed by atoms with Crippen LogP contribution in [0.1, 0.15) is 21.6 Å². The Bertz CT molecular complexity index is 1370. The summed E-state index contributed by atoms with van der Waals surface area (Å²) in [6, 6.07) is 10.2. The molecule has 1 fully saturated rings.